The van der Waals surface area contributed by atoms with Gasteiger partial charge in [0.2, 0.25) is 0 Å². The number of benzene rings is 2. The molecule has 2 amide bonds. The van der Waals surface area contributed by atoms with Gasteiger partial charge in [0, 0.05) is 11.1 Å². The highest BCUT2D eigenvalue weighted by atomic mass is 35.5. The third-order valence-corrected chi connectivity index (χ3v) is 3.77. The maximum Gasteiger partial charge on any atom is 0.368 e. The molecule has 0 radical (unpaired) electrons. The van der Waals surface area contributed by atoms with Gasteiger partial charge in [0.1, 0.15) is 11.2 Å². The first-order chi connectivity index (χ1) is 10.6. The number of carbonyl (C=O) groups is 1. The Hall–Kier alpha value is -2.86. The lowest BCUT2D eigenvalue weighted by atomic mass is 10.1. The SMILES string of the molecule is NC1=NC(=Nc2ccc3c(c2Cl)=NC(=O)N=3)c2ccccc21. The van der Waals surface area contributed by atoms with E-state index in [2.05, 4.69) is 20.0 Å². The van der Waals surface area contributed by atoms with E-state index in [0.717, 1.165) is 11.1 Å². The van der Waals surface area contributed by atoms with Gasteiger partial charge in [-0.25, -0.2) is 14.8 Å². The molecule has 22 heavy (non-hydrogen) atoms. The fraction of sp³-hybridized carbons (Fsp3) is 0. The second kappa shape index (κ2) is 4.57. The van der Waals surface area contributed by atoms with E-state index in [1.54, 1.807) is 12.1 Å². The fourth-order valence-corrected chi connectivity index (χ4v) is 2.63. The molecule has 0 aromatic heterocycles. The Kier molecular flexibility index (Phi) is 2.67. The molecule has 0 fully saturated rings. The standard InChI is InChI=1S/C15H8ClN5O/c16-11-9(5-6-10-12(11)20-15(22)19-10)18-14-8-4-2-1-3-7(8)13(17)21-14/h1-6H,(H2,17,18,21). The molecule has 0 saturated heterocycles. The fourth-order valence-electron chi connectivity index (χ4n) is 2.39. The molecular weight excluding hydrogens is 302 g/mol. The van der Waals surface area contributed by atoms with Crippen LogP contribution in [0.1, 0.15) is 11.1 Å². The summed E-state index contributed by atoms with van der Waals surface area (Å²) in [5.74, 6) is 0.901. The van der Waals surface area contributed by atoms with E-state index in [4.69, 9.17) is 17.3 Å². The zero-order valence-corrected chi connectivity index (χ0v) is 11.9. The summed E-state index contributed by atoms with van der Waals surface area (Å²) in [6, 6.07) is 10.3. The van der Waals surface area contributed by atoms with Crippen molar-refractivity contribution in [3.8, 4) is 0 Å². The molecule has 2 heterocycles. The molecule has 2 aromatic carbocycles. The van der Waals surface area contributed by atoms with Crippen LogP contribution in [0.5, 0.6) is 0 Å². The van der Waals surface area contributed by atoms with Crippen molar-refractivity contribution in [2.24, 2.45) is 25.7 Å². The summed E-state index contributed by atoms with van der Waals surface area (Å²) < 4.78 is 0. The van der Waals surface area contributed by atoms with E-state index in [-0.39, 0.29) is 5.02 Å². The number of rotatable bonds is 1. The quantitative estimate of drug-likeness (QED) is 0.864. The third kappa shape index (κ3) is 1.85. The normalized spacial score (nSPS) is 16.9. The van der Waals surface area contributed by atoms with Crippen LogP contribution in [0.4, 0.5) is 10.5 Å². The minimum absolute atomic E-state index is 0.276. The zero-order valence-electron chi connectivity index (χ0n) is 11.1. The van der Waals surface area contributed by atoms with Gasteiger partial charge in [0.25, 0.3) is 0 Å². The smallest absolute Gasteiger partial charge is 0.368 e. The number of halogens is 1. The van der Waals surface area contributed by atoms with Gasteiger partial charge in [-0.05, 0) is 12.1 Å². The van der Waals surface area contributed by atoms with Gasteiger partial charge in [-0.15, -0.1) is 0 Å². The van der Waals surface area contributed by atoms with Crippen LogP contribution in [0.25, 0.3) is 0 Å². The first kappa shape index (κ1) is 12.8. The summed E-state index contributed by atoms with van der Waals surface area (Å²) in [6.45, 7) is 0. The number of urea groups is 1. The van der Waals surface area contributed by atoms with Crippen molar-refractivity contribution in [3.63, 3.8) is 0 Å². The Morgan fingerprint density at radius 1 is 1.00 bits per heavy atom. The lowest BCUT2D eigenvalue weighted by Crippen LogP contribution is -2.22. The number of carbonyl (C=O) groups excluding carboxylic acids is 1. The van der Waals surface area contributed by atoms with Gasteiger partial charge in [-0.1, -0.05) is 35.9 Å². The molecule has 0 unspecified atom stereocenters. The van der Waals surface area contributed by atoms with Gasteiger partial charge < -0.3 is 5.73 Å². The monoisotopic (exact) mass is 309 g/mol. The van der Waals surface area contributed by atoms with Crippen LogP contribution < -0.4 is 16.4 Å². The molecular formula is C15H8ClN5O. The first-order valence-corrected chi connectivity index (χ1v) is 6.84. The average Bonchev–Trinajstić information content (AvgIpc) is 3.04. The highest BCUT2D eigenvalue weighted by Gasteiger charge is 2.19. The lowest BCUT2D eigenvalue weighted by Gasteiger charge is -2.00. The molecule has 0 saturated carbocycles. The molecule has 2 N–H and O–H groups in total. The van der Waals surface area contributed by atoms with Crippen LogP contribution in [0.2, 0.25) is 5.02 Å². The highest BCUT2D eigenvalue weighted by Crippen LogP contribution is 2.24. The number of hydrogen-bond acceptors (Lipinski definition) is 3. The van der Waals surface area contributed by atoms with Crippen LogP contribution in [-0.2, 0) is 0 Å². The van der Waals surface area contributed by atoms with Gasteiger partial charge in [-0.3, -0.25) is 0 Å². The van der Waals surface area contributed by atoms with Gasteiger partial charge in [-0.2, -0.15) is 9.98 Å². The second-order valence-electron chi connectivity index (χ2n) is 4.75. The molecule has 0 aliphatic carbocycles. The van der Waals surface area contributed by atoms with E-state index in [1.165, 1.54) is 0 Å². The highest BCUT2D eigenvalue weighted by molar-refractivity contribution is 6.33. The largest absolute Gasteiger partial charge is 0.383 e. The van der Waals surface area contributed by atoms with Crippen LogP contribution in [0.15, 0.2) is 56.4 Å². The van der Waals surface area contributed by atoms with Gasteiger partial charge >= 0.3 is 6.03 Å². The third-order valence-electron chi connectivity index (χ3n) is 3.39. The van der Waals surface area contributed by atoms with Crippen molar-refractivity contribution in [3.05, 3.63) is 63.3 Å². The lowest BCUT2D eigenvalue weighted by molar-refractivity contribution is 0.256. The Labute approximate surface area is 129 Å². The summed E-state index contributed by atoms with van der Waals surface area (Å²) >= 11 is 6.27. The van der Waals surface area contributed by atoms with Crippen molar-refractivity contribution in [2.75, 3.05) is 0 Å². The number of nitrogens with two attached hydrogens (primary N) is 1. The Morgan fingerprint density at radius 3 is 2.59 bits per heavy atom. The molecule has 106 valence electrons. The predicted molar refractivity (Wildman–Crippen MR) is 82.5 cm³/mol. The number of amides is 2. The topological polar surface area (TPSA) is 92.5 Å². The number of aliphatic imine (C=N–C) groups is 2. The molecule has 0 spiro atoms. The number of fused-ring (bicyclic) bond motifs is 2. The molecule has 7 heteroatoms. The summed E-state index contributed by atoms with van der Waals surface area (Å²) in [6.07, 6.45) is 0. The number of hydrogen-bond donors (Lipinski definition) is 1. The summed E-state index contributed by atoms with van der Waals surface area (Å²) in [5.41, 5.74) is 8.05. The van der Waals surface area contributed by atoms with Crippen molar-refractivity contribution in [2.45, 2.75) is 0 Å². The molecule has 2 aromatic rings. The van der Waals surface area contributed by atoms with Crippen molar-refractivity contribution in [1.29, 1.82) is 0 Å². The van der Waals surface area contributed by atoms with Crippen LogP contribution in [0, 0.1) is 0 Å². The van der Waals surface area contributed by atoms with Crippen molar-refractivity contribution < 1.29 is 4.79 Å². The van der Waals surface area contributed by atoms with Crippen molar-refractivity contribution in [1.82, 2.24) is 0 Å². The summed E-state index contributed by atoms with van der Waals surface area (Å²) in [5, 5.41) is 1.07. The van der Waals surface area contributed by atoms with E-state index >= 15 is 0 Å². The van der Waals surface area contributed by atoms with Gasteiger partial charge in [0.05, 0.1) is 16.1 Å². The molecule has 0 atom stereocenters. The maximum absolute atomic E-state index is 11.2. The number of amidine groups is 2. The summed E-state index contributed by atoms with van der Waals surface area (Å²) in [4.78, 5) is 27.5. The van der Waals surface area contributed by atoms with E-state index in [0.29, 0.717) is 28.1 Å². The molecule has 4 rings (SSSR count). The number of nitrogens with zero attached hydrogens (tertiary/aromatic N) is 4. The average molecular weight is 310 g/mol. The predicted octanol–water partition coefficient (Wildman–Crippen LogP) is 1.51. The van der Waals surface area contributed by atoms with Crippen LogP contribution in [0.3, 0.4) is 0 Å². The van der Waals surface area contributed by atoms with Crippen LogP contribution >= 0.6 is 11.6 Å². The van der Waals surface area contributed by atoms with Crippen LogP contribution in [-0.4, -0.2) is 17.7 Å². The Bertz CT molecular complexity index is 1020. The van der Waals surface area contributed by atoms with E-state index in [9.17, 15) is 4.79 Å². The van der Waals surface area contributed by atoms with Gasteiger partial charge in [0.15, 0.2) is 5.84 Å². The maximum atomic E-state index is 11.2. The molecule has 0 bridgehead atoms. The summed E-state index contributed by atoms with van der Waals surface area (Å²) in [7, 11) is 0. The Morgan fingerprint density at radius 2 is 1.77 bits per heavy atom. The minimum Gasteiger partial charge on any atom is -0.383 e. The molecule has 2 aliphatic heterocycles. The van der Waals surface area contributed by atoms with E-state index in [1.807, 2.05) is 24.3 Å². The minimum atomic E-state index is -0.560. The second-order valence-corrected chi connectivity index (χ2v) is 5.13. The molecule has 6 nitrogen and oxygen atoms in total. The van der Waals surface area contributed by atoms with E-state index < -0.39 is 6.03 Å². The zero-order chi connectivity index (χ0) is 15.3. The Balaban J connectivity index is 1.91. The molecule has 2 aliphatic rings. The first-order valence-electron chi connectivity index (χ1n) is 6.46. The van der Waals surface area contributed by atoms with Crippen molar-refractivity contribution >= 4 is 35.0 Å².